The number of imidazole rings is 1. The van der Waals surface area contributed by atoms with E-state index in [1.165, 1.54) is 12.5 Å². The fourth-order valence-electron chi connectivity index (χ4n) is 0.547. The molecule has 4 heteroatoms. The summed E-state index contributed by atoms with van der Waals surface area (Å²) in [6.45, 7) is -0.276. The molecule has 0 fully saturated rings. The fourth-order valence-corrected chi connectivity index (χ4v) is 0.547. The second-order valence-electron chi connectivity index (χ2n) is 1.71. The van der Waals surface area contributed by atoms with E-state index in [2.05, 4.69) is 9.97 Å². The zero-order chi connectivity index (χ0) is 6.69. The Morgan fingerprint density at radius 1 is 1.78 bits per heavy atom. The molecule has 1 heterocycles. The quantitative estimate of drug-likeness (QED) is 0.500. The number of aliphatic hydroxyl groups is 2. The molecule has 0 aliphatic heterocycles. The second kappa shape index (κ2) is 2.61. The summed E-state index contributed by atoms with van der Waals surface area (Å²) in [6.07, 6.45) is 2.10. The number of hydrogen-bond acceptors (Lipinski definition) is 3. The third-order valence-corrected chi connectivity index (χ3v) is 1.05. The Kier molecular flexibility index (Phi) is 1.81. The molecule has 0 saturated carbocycles. The van der Waals surface area contributed by atoms with E-state index < -0.39 is 6.10 Å². The summed E-state index contributed by atoms with van der Waals surface area (Å²) >= 11 is 0. The monoisotopic (exact) mass is 128 g/mol. The van der Waals surface area contributed by atoms with Gasteiger partial charge in [-0.25, -0.2) is 4.98 Å². The third-order valence-electron chi connectivity index (χ3n) is 1.05. The van der Waals surface area contributed by atoms with Gasteiger partial charge in [0.05, 0.1) is 24.8 Å². The number of hydrogen-bond donors (Lipinski definition) is 3. The Hall–Kier alpha value is -0.870. The van der Waals surface area contributed by atoms with Gasteiger partial charge in [0, 0.05) is 0 Å². The van der Waals surface area contributed by atoms with Crippen LogP contribution in [0.3, 0.4) is 0 Å². The van der Waals surface area contributed by atoms with E-state index >= 15 is 0 Å². The smallest absolute Gasteiger partial charge is 0.118 e. The van der Waals surface area contributed by atoms with Gasteiger partial charge in [0.2, 0.25) is 0 Å². The number of nitrogens with one attached hydrogen (secondary N) is 1. The van der Waals surface area contributed by atoms with Crippen LogP contribution in [0.5, 0.6) is 0 Å². The van der Waals surface area contributed by atoms with Gasteiger partial charge in [0.25, 0.3) is 0 Å². The summed E-state index contributed by atoms with van der Waals surface area (Å²) in [5, 5.41) is 17.3. The highest BCUT2D eigenvalue weighted by atomic mass is 16.3. The Balaban J connectivity index is 2.65. The normalized spacial score (nSPS) is 13.6. The number of aromatic nitrogens is 2. The number of nitrogens with zero attached hydrogens (tertiary/aromatic N) is 1. The molecule has 50 valence electrons. The third kappa shape index (κ3) is 1.28. The van der Waals surface area contributed by atoms with Gasteiger partial charge in [0.1, 0.15) is 6.10 Å². The van der Waals surface area contributed by atoms with Crippen LogP contribution in [0.2, 0.25) is 0 Å². The molecule has 0 radical (unpaired) electrons. The lowest BCUT2D eigenvalue weighted by atomic mass is 10.3. The summed E-state index contributed by atoms with van der Waals surface area (Å²) in [5.74, 6) is 0. The van der Waals surface area contributed by atoms with Crippen LogP contribution in [0, 0.1) is 0 Å². The van der Waals surface area contributed by atoms with Gasteiger partial charge >= 0.3 is 0 Å². The summed E-state index contributed by atoms with van der Waals surface area (Å²) in [5.41, 5.74) is 0.539. The van der Waals surface area contributed by atoms with Gasteiger partial charge in [-0.05, 0) is 0 Å². The molecule has 0 aliphatic carbocycles. The van der Waals surface area contributed by atoms with Crippen LogP contribution in [-0.4, -0.2) is 26.8 Å². The van der Waals surface area contributed by atoms with Crippen LogP contribution >= 0.6 is 0 Å². The average Bonchev–Trinajstić information content (AvgIpc) is 2.37. The van der Waals surface area contributed by atoms with Crippen LogP contribution < -0.4 is 0 Å². The van der Waals surface area contributed by atoms with E-state index in [0.717, 1.165) is 0 Å². The first-order valence-corrected chi connectivity index (χ1v) is 2.62. The van der Waals surface area contributed by atoms with Crippen molar-refractivity contribution in [2.75, 3.05) is 6.61 Å². The van der Waals surface area contributed by atoms with Crippen LogP contribution in [0.1, 0.15) is 11.8 Å². The van der Waals surface area contributed by atoms with Gasteiger partial charge in [0.15, 0.2) is 0 Å². The highest BCUT2D eigenvalue weighted by Gasteiger charge is 2.04. The molecule has 9 heavy (non-hydrogen) atoms. The lowest BCUT2D eigenvalue weighted by Crippen LogP contribution is -2.01. The van der Waals surface area contributed by atoms with Crippen LogP contribution in [0.4, 0.5) is 0 Å². The zero-order valence-corrected chi connectivity index (χ0v) is 4.78. The molecule has 3 N–H and O–H groups in total. The van der Waals surface area contributed by atoms with Crippen molar-refractivity contribution in [3.05, 3.63) is 18.2 Å². The predicted molar refractivity (Wildman–Crippen MR) is 30.6 cm³/mol. The van der Waals surface area contributed by atoms with Gasteiger partial charge < -0.3 is 15.2 Å². The molecular formula is C5H8N2O2. The molecule has 1 aromatic rings. The minimum atomic E-state index is -0.826. The zero-order valence-electron chi connectivity index (χ0n) is 4.78. The molecule has 0 unspecified atom stereocenters. The van der Waals surface area contributed by atoms with Crippen LogP contribution in [-0.2, 0) is 0 Å². The maximum atomic E-state index is 8.90. The Bertz CT molecular complexity index is 161. The molecule has 0 aliphatic rings. The number of aliphatic hydroxyl groups excluding tert-OH is 2. The summed E-state index contributed by atoms with van der Waals surface area (Å²) in [6, 6.07) is 0. The SMILES string of the molecule is OC[C@H](O)c1cnc[nH]1. The topological polar surface area (TPSA) is 69.1 Å². The molecule has 0 amide bonds. The maximum Gasteiger partial charge on any atom is 0.118 e. The van der Waals surface area contributed by atoms with Gasteiger partial charge in [-0.3, -0.25) is 0 Å². The minimum absolute atomic E-state index is 0.276. The summed E-state index contributed by atoms with van der Waals surface area (Å²) in [4.78, 5) is 6.33. The first-order chi connectivity index (χ1) is 4.34. The number of H-pyrrole nitrogens is 1. The minimum Gasteiger partial charge on any atom is -0.393 e. The Labute approximate surface area is 52.2 Å². The molecular weight excluding hydrogens is 120 g/mol. The van der Waals surface area contributed by atoms with Gasteiger partial charge in [-0.15, -0.1) is 0 Å². The standard InChI is InChI=1S/C5H8N2O2/c8-2-5(9)4-1-6-3-7-4/h1,3,5,8-9H,2H2,(H,6,7)/t5-/m0/s1. The lowest BCUT2D eigenvalue weighted by molar-refractivity contribution is 0.0926. The molecule has 0 bridgehead atoms. The predicted octanol–water partition coefficient (Wildman–Crippen LogP) is -0.565. The van der Waals surface area contributed by atoms with Crippen molar-refractivity contribution in [3.63, 3.8) is 0 Å². The first-order valence-electron chi connectivity index (χ1n) is 2.62. The van der Waals surface area contributed by atoms with Crippen molar-refractivity contribution in [3.8, 4) is 0 Å². The van der Waals surface area contributed by atoms with E-state index in [4.69, 9.17) is 10.2 Å². The van der Waals surface area contributed by atoms with Crippen LogP contribution in [0.25, 0.3) is 0 Å². The van der Waals surface area contributed by atoms with E-state index in [9.17, 15) is 0 Å². The van der Waals surface area contributed by atoms with Crippen molar-refractivity contribution >= 4 is 0 Å². The van der Waals surface area contributed by atoms with Gasteiger partial charge in [-0.1, -0.05) is 0 Å². The Morgan fingerprint density at radius 2 is 2.56 bits per heavy atom. The molecule has 1 atom stereocenters. The Morgan fingerprint density at radius 3 is 3.00 bits per heavy atom. The van der Waals surface area contributed by atoms with Crippen molar-refractivity contribution < 1.29 is 10.2 Å². The average molecular weight is 128 g/mol. The lowest BCUT2D eigenvalue weighted by Gasteiger charge is -2.00. The molecule has 1 rings (SSSR count). The van der Waals surface area contributed by atoms with Gasteiger partial charge in [-0.2, -0.15) is 0 Å². The largest absolute Gasteiger partial charge is 0.393 e. The summed E-state index contributed by atoms with van der Waals surface area (Å²) in [7, 11) is 0. The van der Waals surface area contributed by atoms with Crippen LogP contribution in [0.15, 0.2) is 12.5 Å². The number of rotatable bonds is 2. The van der Waals surface area contributed by atoms with E-state index in [1.54, 1.807) is 0 Å². The van der Waals surface area contributed by atoms with Crippen molar-refractivity contribution in [2.24, 2.45) is 0 Å². The molecule has 0 spiro atoms. The van der Waals surface area contributed by atoms with Crippen molar-refractivity contribution in [1.29, 1.82) is 0 Å². The fraction of sp³-hybridized carbons (Fsp3) is 0.400. The highest BCUT2D eigenvalue weighted by molar-refractivity contribution is 4.98. The first kappa shape index (κ1) is 6.25. The molecule has 1 aromatic heterocycles. The number of aromatic amines is 1. The molecule has 0 saturated heterocycles. The van der Waals surface area contributed by atoms with Crippen molar-refractivity contribution in [2.45, 2.75) is 6.10 Å². The van der Waals surface area contributed by atoms with E-state index in [0.29, 0.717) is 5.69 Å². The highest BCUT2D eigenvalue weighted by Crippen LogP contribution is 2.04. The maximum absolute atomic E-state index is 8.90. The molecule has 0 aromatic carbocycles. The second-order valence-corrected chi connectivity index (χ2v) is 1.71. The summed E-state index contributed by atoms with van der Waals surface area (Å²) < 4.78 is 0. The van der Waals surface area contributed by atoms with Crippen molar-refractivity contribution in [1.82, 2.24) is 9.97 Å². The van der Waals surface area contributed by atoms with E-state index in [1.807, 2.05) is 0 Å². The van der Waals surface area contributed by atoms with E-state index in [-0.39, 0.29) is 6.61 Å². The molecule has 4 nitrogen and oxygen atoms in total.